The van der Waals surface area contributed by atoms with E-state index in [-0.39, 0.29) is 11.3 Å². The topological polar surface area (TPSA) is 63.7 Å². The zero-order valence-corrected chi connectivity index (χ0v) is 11.6. The first kappa shape index (κ1) is 13.9. The number of esters is 1. The van der Waals surface area contributed by atoms with Crippen molar-refractivity contribution in [2.24, 2.45) is 0 Å². The van der Waals surface area contributed by atoms with Crippen LogP contribution in [0.15, 0.2) is 0 Å². The van der Waals surface area contributed by atoms with Crippen molar-refractivity contribution in [2.75, 3.05) is 17.8 Å². The molecule has 1 aliphatic heterocycles. The second kappa shape index (κ2) is 5.97. The number of piperidine rings is 1. The van der Waals surface area contributed by atoms with Gasteiger partial charge in [-0.2, -0.15) is 4.31 Å². The van der Waals surface area contributed by atoms with Crippen LogP contribution in [0.1, 0.15) is 26.2 Å². The van der Waals surface area contributed by atoms with Gasteiger partial charge in [-0.25, -0.2) is 8.42 Å². The summed E-state index contributed by atoms with van der Waals surface area (Å²) in [5.74, 6) is -0.438. The Morgan fingerprint density at radius 2 is 2.19 bits per heavy atom. The molecule has 0 aliphatic carbocycles. The summed E-state index contributed by atoms with van der Waals surface area (Å²) in [6.45, 7) is 2.39. The summed E-state index contributed by atoms with van der Waals surface area (Å²) in [7, 11) is -3.38. The first-order valence-corrected chi connectivity index (χ1v) is 7.98. The van der Waals surface area contributed by atoms with Crippen LogP contribution in [0, 0.1) is 0 Å². The van der Waals surface area contributed by atoms with Crippen molar-refractivity contribution in [1.82, 2.24) is 4.31 Å². The fourth-order valence-corrected chi connectivity index (χ4v) is 3.68. The average Bonchev–Trinajstić information content (AvgIpc) is 2.29. The molecule has 0 aromatic carbocycles. The van der Waals surface area contributed by atoms with Crippen molar-refractivity contribution in [3.05, 3.63) is 0 Å². The molecule has 1 atom stereocenters. The first-order valence-electron chi connectivity index (χ1n) is 5.25. The van der Waals surface area contributed by atoms with E-state index in [1.54, 1.807) is 6.92 Å². The number of alkyl halides is 1. The first-order chi connectivity index (χ1) is 7.53. The third kappa shape index (κ3) is 3.18. The zero-order chi connectivity index (χ0) is 12.2. The Labute approximate surface area is 104 Å². The fourth-order valence-electron chi connectivity index (χ4n) is 1.77. The van der Waals surface area contributed by atoms with Gasteiger partial charge < -0.3 is 4.74 Å². The zero-order valence-electron chi connectivity index (χ0n) is 9.19. The van der Waals surface area contributed by atoms with Crippen LogP contribution in [0.2, 0.25) is 0 Å². The summed E-state index contributed by atoms with van der Waals surface area (Å²) in [5, 5.41) is 0. The van der Waals surface area contributed by atoms with Crippen molar-refractivity contribution in [3.63, 3.8) is 0 Å². The molecular formula is C9H16BrNO4S. The average molecular weight is 314 g/mol. The van der Waals surface area contributed by atoms with Crippen LogP contribution >= 0.6 is 15.9 Å². The molecule has 94 valence electrons. The number of rotatable bonds is 4. The molecule has 0 amide bonds. The number of hydrogen-bond donors (Lipinski definition) is 0. The summed E-state index contributed by atoms with van der Waals surface area (Å²) in [4.78, 5) is 11.6. The monoisotopic (exact) mass is 313 g/mol. The van der Waals surface area contributed by atoms with Crippen molar-refractivity contribution in [1.29, 1.82) is 0 Å². The minimum absolute atomic E-state index is 0.157. The maximum absolute atomic E-state index is 11.7. The Morgan fingerprint density at radius 3 is 2.75 bits per heavy atom. The van der Waals surface area contributed by atoms with E-state index < -0.39 is 22.0 Å². The van der Waals surface area contributed by atoms with E-state index in [4.69, 9.17) is 4.74 Å². The Bertz CT molecular complexity index is 343. The Kier molecular flexibility index (Phi) is 5.20. The molecule has 0 saturated carbocycles. The van der Waals surface area contributed by atoms with Crippen molar-refractivity contribution >= 4 is 31.9 Å². The Balaban J connectivity index is 2.83. The maximum atomic E-state index is 11.7. The molecule has 0 radical (unpaired) electrons. The molecule has 16 heavy (non-hydrogen) atoms. The highest BCUT2D eigenvalue weighted by Crippen LogP contribution is 2.22. The molecule has 0 bridgehead atoms. The molecular weight excluding hydrogens is 298 g/mol. The molecule has 1 heterocycles. The van der Waals surface area contributed by atoms with Crippen LogP contribution in [-0.4, -0.2) is 42.5 Å². The molecule has 0 aromatic rings. The predicted molar refractivity (Wildman–Crippen MR) is 63.7 cm³/mol. The highest BCUT2D eigenvalue weighted by Gasteiger charge is 2.36. The Hall–Kier alpha value is -0.140. The number of carbonyl (C=O) groups is 1. The van der Waals surface area contributed by atoms with E-state index in [1.807, 2.05) is 0 Å². The molecule has 5 nitrogen and oxygen atoms in total. The highest BCUT2D eigenvalue weighted by atomic mass is 79.9. The molecule has 1 unspecified atom stereocenters. The normalized spacial score (nSPS) is 23.0. The molecule has 1 saturated heterocycles. The van der Waals surface area contributed by atoms with E-state index in [2.05, 4.69) is 15.9 Å². The quantitative estimate of drug-likeness (QED) is 0.575. The van der Waals surface area contributed by atoms with Gasteiger partial charge in [-0.1, -0.05) is 15.9 Å². The van der Waals surface area contributed by atoms with Gasteiger partial charge in [0.2, 0.25) is 10.0 Å². The molecule has 1 rings (SSSR count). The van der Waals surface area contributed by atoms with E-state index in [9.17, 15) is 13.2 Å². The minimum atomic E-state index is -3.38. The second-order valence-electron chi connectivity index (χ2n) is 3.60. The van der Waals surface area contributed by atoms with Crippen LogP contribution < -0.4 is 0 Å². The van der Waals surface area contributed by atoms with E-state index >= 15 is 0 Å². The number of nitrogens with zero attached hydrogens (tertiary/aromatic N) is 1. The number of halogens is 1. The summed E-state index contributed by atoms with van der Waals surface area (Å²) < 4.78 is 29.5. The van der Waals surface area contributed by atoms with Gasteiger partial charge in [0.25, 0.3) is 0 Å². The maximum Gasteiger partial charge on any atom is 0.324 e. The van der Waals surface area contributed by atoms with Crippen LogP contribution in [-0.2, 0) is 19.6 Å². The SMILES string of the molecule is CCOC(=O)C1CCCCN1S(=O)(=O)CBr. The van der Waals surface area contributed by atoms with Crippen molar-refractivity contribution in [3.8, 4) is 0 Å². The second-order valence-corrected chi connectivity index (χ2v) is 6.82. The lowest BCUT2D eigenvalue weighted by Gasteiger charge is -2.32. The molecule has 0 aromatic heterocycles. The van der Waals surface area contributed by atoms with Gasteiger partial charge in [-0.05, 0) is 26.2 Å². The lowest BCUT2D eigenvalue weighted by Crippen LogP contribution is -2.48. The van der Waals surface area contributed by atoms with Crippen LogP contribution in [0.3, 0.4) is 0 Å². The third-order valence-electron chi connectivity index (χ3n) is 2.51. The van der Waals surface area contributed by atoms with Crippen LogP contribution in [0.5, 0.6) is 0 Å². The van der Waals surface area contributed by atoms with Crippen molar-refractivity contribution < 1.29 is 17.9 Å². The van der Waals surface area contributed by atoms with Gasteiger partial charge in [0.15, 0.2) is 0 Å². The standard InChI is InChI=1S/C9H16BrNO4S/c1-2-15-9(12)8-5-3-4-6-11(8)16(13,14)7-10/h8H,2-7H2,1H3. The molecule has 0 N–H and O–H groups in total. The van der Waals surface area contributed by atoms with Gasteiger partial charge in [0.1, 0.15) is 10.7 Å². The fraction of sp³-hybridized carbons (Fsp3) is 0.889. The smallest absolute Gasteiger partial charge is 0.324 e. The van der Waals surface area contributed by atoms with Gasteiger partial charge in [-0.3, -0.25) is 4.79 Å². The lowest BCUT2D eigenvalue weighted by atomic mass is 10.1. The van der Waals surface area contributed by atoms with Gasteiger partial charge in [-0.15, -0.1) is 0 Å². The molecule has 7 heteroatoms. The van der Waals surface area contributed by atoms with Gasteiger partial charge in [0.05, 0.1) is 6.61 Å². The number of sulfonamides is 1. The highest BCUT2D eigenvalue weighted by molar-refractivity contribution is 9.10. The van der Waals surface area contributed by atoms with Crippen LogP contribution in [0.25, 0.3) is 0 Å². The number of carbonyl (C=O) groups excluding carboxylic acids is 1. The largest absolute Gasteiger partial charge is 0.465 e. The van der Waals surface area contributed by atoms with E-state index in [0.29, 0.717) is 13.0 Å². The number of hydrogen-bond acceptors (Lipinski definition) is 4. The number of ether oxygens (including phenoxy) is 1. The van der Waals surface area contributed by atoms with Crippen LogP contribution in [0.4, 0.5) is 0 Å². The molecule has 0 spiro atoms. The summed E-state index contributed by atoms with van der Waals surface area (Å²) in [5.41, 5.74) is 0. The van der Waals surface area contributed by atoms with E-state index in [0.717, 1.165) is 12.8 Å². The van der Waals surface area contributed by atoms with Gasteiger partial charge in [0, 0.05) is 6.54 Å². The third-order valence-corrected chi connectivity index (χ3v) is 5.67. The summed E-state index contributed by atoms with van der Waals surface area (Å²) in [6.07, 6.45) is 2.20. The van der Waals surface area contributed by atoms with Crippen molar-refractivity contribution in [2.45, 2.75) is 32.2 Å². The Morgan fingerprint density at radius 1 is 1.50 bits per heavy atom. The minimum Gasteiger partial charge on any atom is -0.465 e. The molecule has 1 aliphatic rings. The lowest BCUT2D eigenvalue weighted by molar-refractivity contribution is -0.148. The molecule has 1 fully saturated rings. The summed E-state index contributed by atoms with van der Waals surface area (Å²) in [6, 6.07) is -0.642. The summed E-state index contributed by atoms with van der Waals surface area (Å²) >= 11 is 2.94. The predicted octanol–water partition coefficient (Wildman–Crippen LogP) is 1.09. The van der Waals surface area contributed by atoms with Gasteiger partial charge >= 0.3 is 5.97 Å². The van der Waals surface area contributed by atoms with E-state index in [1.165, 1.54) is 4.31 Å².